The van der Waals surface area contributed by atoms with Gasteiger partial charge in [-0.2, -0.15) is 0 Å². The fourth-order valence-electron chi connectivity index (χ4n) is 2.45. The number of halogens is 2. The second kappa shape index (κ2) is 5.30. The van der Waals surface area contributed by atoms with E-state index in [4.69, 9.17) is 11.6 Å². The van der Waals surface area contributed by atoms with Gasteiger partial charge in [0.25, 0.3) is 5.69 Å². The summed E-state index contributed by atoms with van der Waals surface area (Å²) in [5, 5.41) is 14.2. The number of nitrogens with one attached hydrogen (secondary N) is 1. The normalized spacial score (nSPS) is 23.5. The highest BCUT2D eigenvalue weighted by Crippen LogP contribution is 2.34. The largest absolute Gasteiger partial charge is 0.363 e. The van der Waals surface area contributed by atoms with E-state index in [0.717, 1.165) is 12.1 Å². The molecule has 0 aliphatic carbocycles. The van der Waals surface area contributed by atoms with Gasteiger partial charge in [-0.15, -0.1) is 0 Å². The number of nitro groups is 1. The third kappa shape index (κ3) is 2.96. The maximum atomic E-state index is 13.6. The molecule has 19 heavy (non-hydrogen) atoms. The molecule has 0 saturated carbocycles. The van der Waals surface area contributed by atoms with Crippen molar-refractivity contribution in [2.24, 2.45) is 0 Å². The molecule has 1 fully saturated rings. The van der Waals surface area contributed by atoms with Crippen LogP contribution in [0.2, 0.25) is 5.02 Å². The Balaban J connectivity index is 2.42. The van der Waals surface area contributed by atoms with E-state index < -0.39 is 10.7 Å². The van der Waals surface area contributed by atoms with Crippen molar-refractivity contribution in [3.05, 3.63) is 33.1 Å². The summed E-state index contributed by atoms with van der Waals surface area (Å²) in [4.78, 5) is 12.4. The molecule has 2 atom stereocenters. The van der Waals surface area contributed by atoms with Gasteiger partial charge in [-0.3, -0.25) is 10.1 Å². The van der Waals surface area contributed by atoms with Crippen LogP contribution in [0.1, 0.15) is 13.8 Å². The van der Waals surface area contributed by atoms with Crippen LogP contribution < -0.4 is 10.2 Å². The lowest BCUT2D eigenvalue weighted by atomic mass is 10.1. The van der Waals surface area contributed by atoms with E-state index >= 15 is 0 Å². The van der Waals surface area contributed by atoms with Gasteiger partial charge in [0.05, 0.1) is 9.95 Å². The maximum Gasteiger partial charge on any atom is 0.294 e. The molecule has 1 aromatic carbocycles. The van der Waals surface area contributed by atoms with E-state index in [2.05, 4.69) is 5.32 Å². The first-order chi connectivity index (χ1) is 8.88. The van der Waals surface area contributed by atoms with Crippen LogP contribution in [0.3, 0.4) is 0 Å². The lowest BCUT2D eigenvalue weighted by Gasteiger charge is -2.37. The van der Waals surface area contributed by atoms with Gasteiger partial charge in [0.1, 0.15) is 11.5 Å². The minimum atomic E-state index is -0.638. The highest BCUT2D eigenvalue weighted by atomic mass is 35.5. The quantitative estimate of drug-likeness (QED) is 0.671. The second-order valence-electron chi connectivity index (χ2n) is 4.89. The number of rotatable bonds is 2. The van der Waals surface area contributed by atoms with Gasteiger partial charge in [-0.25, -0.2) is 4.39 Å². The van der Waals surface area contributed by atoms with Crippen LogP contribution >= 0.6 is 11.6 Å². The molecule has 2 unspecified atom stereocenters. The van der Waals surface area contributed by atoms with Gasteiger partial charge in [0.2, 0.25) is 0 Å². The van der Waals surface area contributed by atoms with Crippen molar-refractivity contribution in [2.45, 2.75) is 25.9 Å². The van der Waals surface area contributed by atoms with Crippen LogP contribution in [0.25, 0.3) is 0 Å². The van der Waals surface area contributed by atoms with Gasteiger partial charge in [0.15, 0.2) is 0 Å². The highest BCUT2D eigenvalue weighted by molar-refractivity contribution is 6.31. The number of piperazine rings is 1. The molecule has 0 aromatic heterocycles. The van der Waals surface area contributed by atoms with Crippen LogP contribution in [0.5, 0.6) is 0 Å². The molecule has 0 amide bonds. The maximum absolute atomic E-state index is 13.6. The standard InChI is InChI=1S/C12H15ClFN3O2/c1-7-5-16(6-8(2)15-7)11-4-10(14)9(13)3-12(11)17(18)19/h3-4,7-8,15H,5-6H2,1-2H3. The molecule has 104 valence electrons. The Morgan fingerprint density at radius 2 is 2.00 bits per heavy atom. The highest BCUT2D eigenvalue weighted by Gasteiger charge is 2.27. The van der Waals surface area contributed by atoms with Crippen LogP contribution in [-0.4, -0.2) is 30.1 Å². The smallest absolute Gasteiger partial charge is 0.294 e. The summed E-state index contributed by atoms with van der Waals surface area (Å²) in [6.07, 6.45) is 0. The number of anilines is 1. The number of hydrogen-bond donors (Lipinski definition) is 1. The topological polar surface area (TPSA) is 58.4 Å². The number of nitrogens with zero attached hydrogens (tertiary/aromatic N) is 2. The van der Waals surface area contributed by atoms with Crippen LogP contribution in [0, 0.1) is 15.9 Å². The van der Waals surface area contributed by atoms with Crippen molar-refractivity contribution in [1.29, 1.82) is 0 Å². The summed E-state index contributed by atoms with van der Waals surface area (Å²) >= 11 is 5.62. The Morgan fingerprint density at radius 1 is 1.42 bits per heavy atom. The SMILES string of the molecule is CC1CN(c2cc(F)c(Cl)cc2[N+](=O)[O-])CC(C)N1. The molecule has 0 spiro atoms. The minimum absolute atomic E-state index is 0.160. The molecule has 7 heteroatoms. The van der Waals surface area contributed by atoms with Crippen molar-refractivity contribution in [2.75, 3.05) is 18.0 Å². The predicted molar refractivity (Wildman–Crippen MR) is 72.3 cm³/mol. The molecule has 1 heterocycles. The zero-order valence-corrected chi connectivity index (χ0v) is 11.4. The van der Waals surface area contributed by atoms with E-state index in [9.17, 15) is 14.5 Å². The Labute approximate surface area is 115 Å². The molecule has 1 aliphatic heterocycles. The third-order valence-electron chi connectivity index (χ3n) is 3.11. The summed E-state index contributed by atoms with van der Waals surface area (Å²) in [5.41, 5.74) is 0.125. The summed E-state index contributed by atoms with van der Waals surface area (Å²) in [6, 6.07) is 2.58. The van der Waals surface area contributed by atoms with E-state index in [-0.39, 0.29) is 28.5 Å². The van der Waals surface area contributed by atoms with Crippen molar-refractivity contribution in [1.82, 2.24) is 5.32 Å². The second-order valence-corrected chi connectivity index (χ2v) is 5.29. The molecular weight excluding hydrogens is 273 g/mol. The monoisotopic (exact) mass is 287 g/mol. The Kier molecular flexibility index (Phi) is 3.91. The Morgan fingerprint density at radius 3 is 2.53 bits per heavy atom. The van der Waals surface area contributed by atoms with Crippen molar-refractivity contribution in [3.8, 4) is 0 Å². The number of benzene rings is 1. The average Bonchev–Trinajstić information content (AvgIpc) is 2.30. The van der Waals surface area contributed by atoms with Gasteiger partial charge in [-0.05, 0) is 13.8 Å². The number of hydrogen-bond acceptors (Lipinski definition) is 4. The average molecular weight is 288 g/mol. The van der Waals surface area contributed by atoms with Crippen molar-refractivity contribution >= 4 is 23.0 Å². The first kappa shape index (κ1) is 14.0. The Bertz CT molecular complexity index is 502. The molecule has 0 bridgehead atoms. The molecule has 1 aliphatic rings. The molecular formula is C12H15ClFN3O2. The van der Waals surface area contributed by atoms with E-state index in [1.54, 1.807) is 0 Å². The van der Waals surface area contributed by atoms with Gasteiger partial charge < -0.3 is 10.2 Å². The van der Waals surface area contributed by atoms with Gasteiger partial charge in [-0.1, -0.05) is 11.6 Å². The zero-order valence-electron chi connectivity index (χ0n) is 10.7. The predicted octanol–water partition coefficient (Wildman–Crippen LogP) is 2.57. The molecule has 2 rings (SSSR count). The Hall–Kier alpha value is -1.40. The fraction of sp³-hybridized carbons (Fsp3) is 0.500. The summed E-state index contributed by atoms with van der Waals surface area (Å²) in [5.74, 6) is -0.638. The van der Waals surface area contributed by atoms with E-state index in [1.165, 1.54) is 0 Å². The van der Waals surface area contributed by atoms with E-state index in [0.29, 0.717) is 13.1 Å². The number of nitro benzene ring substituents is 1. The molecule has 0 radical (unpaired) electrons. The molecule has 1 saturated heterocycles. The van der Waals surface area contributed by atoms with Crippen LogP contribution in [0.4, 0.5) is 15.8 Å². The summed E-state index contributed by atoms with van der Waals surface area (Å²) in [7, 11) is 0. The van der Waals surface area contributed by atoms with Crippen LogP contribution in [0.15, 0.2) is 12.1 Å². The molecule has 1 N–H and O–H groups in total. The summed E-state index contributed by atoms with van der Waals surface area (Å²) < 4.78 is 13.6. The van der Waals surface area contributed by atoms with Gasteiger partial charge in [0, 0.05) is 37.3 Å². The first-order valence-electron chi connectivity index (χ1n) is 6.03. The van der Waals surface area contributed by atoms with Crippen molar-refractivity contribution in [3.63, 3.8) is 0 Å². The van der Waals surface area contributed by atoms with Crippen molar-refractivity contribution < 1.29 is 9.31 Å². The summed E-state index contributed by atoms with van der Waals surface area (Å²) in [6.45, 7) is 5.15. The minimum Gasteiger partial charge on any atom is -0.363 e. The third-order valence-corrected chi connectivity index (χ3v) is 3.40. The lowest BCUT2D eigenvalue weighted by molar-refractivity contribution is -0.384. The molecule has 5 nitrogen and oxygen atoms in total. The fourth-order valence-corrected chi connectivity index (χ4v) is 2.61. The lowest BCUT2D eigenvalue weighted by Crippen LogP contribution is -2.54. The molecule has 1 aromatic rings. The van der Waals surface area contributed by atoms with Gasteiger partial charge >= 0.3 is 0 Å². The van der Waals surface area contributed by atoms with Crippen LogP contribution in [-0.2, 0) is 0 Å². The zero-order chi connectivity index (χ0) is 14.2. The first-order valence-corrected chi connectivity index (χ1v) is 6.40. The van der Waals surface area contributed by atoms with E-state index in [1.807, 2.05) is 18.7 Å².